The zero-order valence-corrected chi connectivity index (χ0v) is 17.3. The first-order valence-electron chi connectivity index (χ1n) is 10.4. The molecule has 160 valence electrons. The molecule has 2 aromatic carbocycles. The van der Waals surface area contributed by atoms with Crippen LogP contribution in [0.4, 0.5) is 4.39 Å². The Hall–Kier alpha value is -2.41. The van der Waals surface area contributed by atoms with E-state index in [2.05, 4.69) is 0 Å². The SMILES string of the molecule is CC(C)Oc1ccc(Cn2cc([C@H]3C[C@@H](O)C[C@@H](CO)O3)c3cccc(F)c32)cc1. The minimum Gasteiger partial charge on any atom is -0.491 e. The molecule has 0 radical (unpaired) electrons. The molecular weight excluding hydrogens is 385 g/mol. The number of para-hydroxylation sites is 1. The molecule has 0 saturated carbocycles. The van der Waals surface area contributed by atoms with E-state index in [1.165, 1.54) is 6.07 Å². The van der Waals surface area contributed by atoms with Crippen molar-refractivity contribution in [1.29, 1.82) is 0 Å². The van der Waals surface area contributed by atoms with Gasteiger partial charge < -0.3 is 24.3 Å². The molecule has 2 N–H and O–H groups in total. The Morgan fingerprint density at radius 1 is 1.17 bits per heavy atom. The Balaban J connectivity index is 1.67. The first-order chi connectivity index (χ1) is 14.4. The zero-order valence-electron chi connectivity index (χ0n) is 17.3. The summed E-state index contributed by atoms with van der Waals surface area (Å²) in [7, 11) is 0. The van der Waals surface area contributed by atoms with Gasteiger partial charge in [0, 0.05) is 36.5 Å². The second kappa shape index (κ2) is 8.76. The Morgan fingerprint density at radius 2 is 1.93 bits per heavy atom. The Morgan fingerprint density at radius 3 is 2.63 bits per heavy atom. The van der Waals surface area contributed by atoms with Gasteiger partial charge in [-0.25, -0.2) is 4.39 Å². The lowest BCUT2D eigenvalue weighted by Gasteiger charge is -2.32. The van der Waals surface area contributed by atoms with Crippen LogP contribution in [0.15, 0.2) is 48.7 Å². The fraction of sp³-hybridized carbons (Fsp3) is 0.417. The number of hydrogen-bond acceptors (Lipinski definition) is 4. The number of aliphatic hydroxyl groups excluding tert-OH is 2. The van der Waals surface area contributed by atoms with Crippen LogP contribution in [0.3, 0.4) is 0 Å². The van der Waals surface area contributed by atoms with E-state index in [1.54, 1.807) is 6.07 Å². The van der Waals surface area contributed by atoms with E-state index in [-0.39, 0.29) is 18.5 Å². The van der Waals surface area contributed by atoms with Crippen molar-refractivity contribution in [3.8, 4) is 5.75 Å². The monoisotopic (exact) mass is 413 g/mol. The highest BCUT2D eigenvalue weighted by atomic mass is 19.1. The third kappa shape index (κ3) is 4.36. The number of halogens is 1. The minimum atomic E-state index is -0.554. The van der Waals surface area contributed by atoms with Crippen molar-refractivity contribution in [2.45, 2.75) is 57.6 Å². The second-order valence-corrected chi connectivity index (χ2v) is 8.21. The lowest BCUT2D eigenvalue weighted by molar-refractivity contribution is -0.113. The average molecular weight is 413 g/mol. The summed E-state index contributed by atoms with van der Waals surface area (Å²) in [5.74, 6) is 0.506. The normalized spacial score (nSPS) is 22.0. The van der Waals surface area contributed by atoms with Gasteiger partial charge in [0.15, 0.2) is 0 Å². The van der Waals surface area contributed by atoms with Gasteiger partial charge >= 0.3 is 0 Å². The maximum atomic E-state index is 14.8. The Kier molecular flexibility index (Phi) is 6.09. The standard InChI is InChI=1S/C24H28FNO4/c1-15(2)29-18-8-6-16(7-9-18)12-26-13-21(20-4-3-5-22(25)24(20)26)23-11-17(28)10-19(14-27)30-23/h3-9,13,15,17,19,23,27-28H,10-12,14H2,1-2H3/t17-,19-,23+/m0/s1. The van der Waals surface area contributed by atoms with Crippen molar-refractivity contribution in [2.24, 2.45) is 0 Å². The number of hydrogen-bond donors (Lipinski definition) is 2. The maximum Gasteiger partial charge on any atom is 0.147 e. The van der Waals surface area contributed by atoms with Gasteiger partial charge in [-0.15, -0.1) is 0 Å². The maximum absolute atomic E-state index is 14.8. The summed E-state index contributed by atoms with van der Waals surface area (Å²) in [6.07, 6.45) is 1.48. The highest BCUT2D eigenvalue weighted by molar-refractivity contribution is 5.85. The summed E-state index contributed by atoms with van der Waals surface area (Å²) >= 11 is 0. The van der Waals surface area contributed by atoms with Crippen molar-refractivity contribution in [1.82, 2.24) is 4.57 Å². The lowest BCUT2D eigenvalue weighted by Crippen LogP contribution is -2.33. The number of rotatable bonds is 6. The topological polar surface area (TPSA) is 63.9 Å². The molecule has 1 aromatic heterocycles. The molecule has 0 bridgehead atoms. The van der Waals surface area contributed by atoms with E-state index in [4.69, 9.17) is 9.47 Å². The summed E-state index contributed by atoms with van der Waals surface area (Å²) in [5, 5.41) is 20.5. The number of fused-ring (bicyclic) bond motifs is 1. The van der Waals surface area contributed by atoms with E-state index in [0.29, 0.717) is 24.9 Å². The molecule has 2 heterocycles. The van der Waals surface area contributed by atoms with E-state index >= 15 is 0 Å². The van der Waals surface area contributed by atoms with Crippen LogP contribution in [0.2, 0.25) is 0 Å². The molecule has 30 heavy (non-hydrogen) atoms. The van der Waals surface area contributed by atoms with Gasteiger partial charge in [-0.1, -0.05) is 24.3 Å². The minimum absolute atomic E-state index is 0.106. The third-order valence-electron chi connectivity index (χ3n) is 5.46. The summed E-state index contributed by atoms with van der Waals surface area (Å²) in [4.78, 5) is 0. The first-order valence-corrected chi connectivity index (χ1v) is 10.4. The highest BCUT2D eigenvalue weighted by Gasteiger charge is 2.31. The average Bonchev–Trinajstić information content (AvgIpc) is 3.08. The van der Waals surface area contributed by atoms with Gasteiger partial charge in [0.25, 0.3) is 0 Å². The lowest BCUT2D eigenvalue weighted by atomic mass is 9.96. The molecule has 5 nitrogen and oxygen atoms in total. The van der Waals surface area contributed by atoms with Crippen LogP contribution in [0, 0.1) is 5.82 Å². The van der Waals surface area contributed by atoms with E-state index in [1.807, 2.05) is 54.9 Å². The van der Waals surface area contributed by atoms with E-state index < -0.39 is 18.3 Å². The van der Waals surface area contributed by atoms with Crippen LogP contribution >= 0.6 is 0 Å². The number of aromatic nitrogens is 1. The fourth-order valence-corrected chi connectivity index (χ4v) is 4.17. The van der Waals surface area contributed by atoms with Crippen molar-refractivity contribution < 1.29 is 24.1 Å². The van der Waals surface area contributed by atoms with Crippen LogP contribution in [0.1, 0.15) is 43.9 Å². The van der Waals surface area contributed by atoms with Crippen molar-refractivity contribution in [2.75, 3.05) is 6.61 Å². The summed E-state index contributed by atoms with van der Waals surface area (Å²) in [5.41, 5.74) is 2.37. The molecule has 0 amide bonds. The van der Waals surface area contributed by atoms with Gasteiger partial charge in [-0.3, -0.25) is 0 Å². The van der Waals surface area contributed by atoms with Crippen LogP contribution in [-0.2, 0) is 11.3 Å². The van der Waals surface area contributed by atoms with Gasteiger partial charge in [0.05, 0.1) is 36.5 Å². The molecule has 4 rings (SSSR count). The molecule has 1 aliphatic rings. The number of ether oxygens (including phenoxy) is 2. The highest BCUT2D eigenvalue weighted by Crippen LogP contribution is 2.37. The Labute approximate surface area is 175 Å². The second-order valence-electron chi connectivity index (χ2n) is 8.21. The molecule has 1 saturated heterocycles. The van der Waals surface area contributed by atoms with Crippen molar-refractivity contribution in [3.63, 3.8) is 0 Å². The predicted molar refractivity (Wildman–Crippen MR) is 113 cm³/mol. The summed E-state index contributed by atoms with van der Waals surface area (Å²) in [6, 6.07) is 12.8. The predicted octanol–water partition coefficient (Wildman–Crippen LogP) is 4.19. The van der Waals surface area contributed by atoms with Crippen LogP contribution in [-0.4, -0.2) is 39.7 Å². The van der Waals surface area contributed by atoms with Crippen molar-refractivity contribution >= 4 is 10.9 Å². The molecule has 0 aliphatic carbocycles. The van der Waals surface area contributed by atoms with Crippen LogP contribution in [0.25, 0.3) is 10.9 Å². The molecule has 3 atom stereocenters. The molecule has 3 aromatic rings. The molecule has 6 heteroatoms. The molecule has 1 aliphatic heterocycles. The Bertz CT molecular complexity index is 998. The van der Waals surface area contributed by atoms with E-state index in [9.17, 15) is 14.6 Å². The van der Waals surface area contributed by atoms with E-state index in [0.717, 1.165) is 22.3 Å². The summed E-state index contributed by atoms with van der Waals surface area (Å²) in [6.45, 7) is 4.31. The third-order valence-corrected chi connectivity index (χ3v) is 5.46. The summed E-state index contributed by atoms with van der Waals surface area (Å²) < 4.78 is 28.4. The molecule has 1 fully saturated rings. The number of nitrogens with zero attached hydrogens (tertiary/aromatic N) is 1. The molecule has 0 spiro atoms. The number of aliphatic hydroxyl groups is 2. The largest absolute Gasteiger partial charge is 0.491 e. The van der Waals surface area contributed by atoms with Gasteiger partial charge in [-0.05, 0) is 37.6 Å². The zero-order chi connectivity index (χ0) is 21.3. The van der Waals surface area contributed by atoms with Gasteiger partial charge in [0.2, 0.25) is 0 Å². The van der Waals surface area contributed by atoms with Crippen LogP contribution < -0.4 is 4.74 Å². The smallest absolute Gasteiger partial charge is 0.147 e. The first kappa shape index (κ1) is 20.8. The quantitative estimate of drug-likeness (QED) is 0.636. The molecular formula is C24H28FNO4. The van der Waals surface area contributed by atoms with Gasteiger partial charge in [-0.2, -0.15) is 0 Å². The van der Waals surface area contributed by atoms with Crippen LogP contribution in [0.5, 0.6) is 5.75 Å². The van der Waals surface area contributed by atoms with Gasteiger partial charge in [0.1, 0.15) is 11.6 Å². The molecule has 0 unspecified atom stereocenters. The fourth-order valence-electron chi connectivity index (χ4n) is 4.17. The van der Waals surface area contributed by atoms with Crippen molar-refractivity contribution in [3.05, 3.63) is 65.6 Å². The number of benzene rings is 2.